The summed E-state index contributed by atoms with van der Waals surface area (Å²) in [5.74, 6) is -0.0643. The summed E-state index contributed by atoms with van der Waals surface area (Å²) in [6, 6.07) is 10.0. The molecule has 0 aliphatic carbocycles. The molecule has 1 saturated heterocycles. The van der Waals surface area contributed by atoms with Crippen molar-refractivity contribution < 1.29 is 13.2 Å². The highest BCUT2D eigenvalue weighted by molar-refractivity contribution is 7.89. The Balaban J connectivity index is 1.63. The number of benzene rings is 1. The summed E-state index contributed by atoms with van der Waals surface area (Å²) < 4.78 is 29.5. The smallest absolute Gasteiger partial charge is 0.243 e. The number of rotatable bonds is 4. The van der Waals surface area contributed by atoms with E-state index in [1.54, 1.807) is 23.0 Å². The molecule has 3 aromatic rings. The standard InChI is InChI=1S/C20H22N4O3S/c1-14(25)15-7-9-17(10-8-15)28(26,27)24-12-4-5-16(13-24)19-18-6-3-11-21-20(18)23(2)22-19/h3,6-11,16H,4-5,12-13H2,1-2H3/t16-/m0/s1. The molecule has 4 rings (SSSR count). The van der Waals surface area contributed by atoms with Gasteiger partial charge in [-0.2, -0.15) is 9.40 Å². The maximum absolute atomic E-state index is 13.1. The Kier molecular flexibility index (Phi) is 4.76. The molecule has 3 heterocycles. The van der Waals surface area contributed by atoms with E-state index in [-0.39, 0.29) is 16.6 Å². The van der Waals surface area contributed by atoms with E-state index in [2.05, 4.69) is 10.1 Å². The minimum atomic E-state index is -3.62. The lowest BCUT2D eigenvalue weighted by molar-refractivity contribution is 0.101. The number of pyridine rings is 1. The van der Waals surface area contributed by atoms with Gasteiger partial charge in [-0.15, -0.1) is 0 Å². The SMILES string of the molecule is CC(=O)c1ccc(S(=O)(=O)N2CCC[C@H](c3nn(C)c4ncccc34)C2)cc1. The van der Waals surface area contributed by atoms with Crippen molar-refractivity contribution in [3.63, 3.8) is 0 Å². The highest BCUT2D eigenvalue weighted by Crippen LogP contribution is 2.33. The average Bonchev–Trinajstić information content (AvgIpc) is 3.05. The number of piperidine rings is 1. The number of carbonyl (C=O) groups is 1. The minimum absolute atomic E-state index is 0.0212. The molecule has 1 aromatic carbocycles. The normalized spacial score (nSPS) is 18.4. The van der Waals surface area contributed by atoms with Crippen molar-refractivity contribution >= 4 is 26.8 Å². The van der Waals surface area contributed by atoms with Gasteiger partial charge in [0.05, 0.1) is 10.6 Å². The molecular formula is C20H22N4O3S. The molecule has 8 heteroatoms. The Morgan fingerprint density at radius 1 is 1.18 bits per heavy atom. The number of aryl methyl sites for hydroxylation is 1. The van der Waals surface area contributed by atoms with Crippen molar-refractivity contribution in [2.75, 3.05) is 13.1 Å². The Bertz CT molecular complexity index is 1140. The van der Waals surface area contributed by atoms with Gasteiger partial charge in [0.25, 0.3) is 0 Å². The van der Waals surface area contributed by atoms with Crippen LogP contribution in [0.25, 0.3) is 11.0 Å². The highest BCUT2D eigenvalue weighted by atomic mass is 32.2. The number of fused-ring (bicyclic) bond motifs is 1. The Morgan fingerprint density at radius 3 is 2.64 bits per heavy atom. The molecule has 146 valence electrons. The molecule has 0 saturated carbocycles. The van der Waals surface area contributed by atoms with Crippen molar-refractivity contribution in [3.05, 3.63) is 53.9 Å². The maximum atomic E-state index is 13.1. The van der Waals surface area contributed by atoms with Gasteiger partial charge in [-0.05, 0) is 44.0 Å². The Labute approximate surface area is 164 Å². The van der Waals surface area contributed by atoms with Crippen LogP contribution < -0.4 is 0 Å². The van der Waals surface area contributed by atoms with Crippen LogP contribution in [0.1, 0.15) is 41.7 Å². The lowest BCUT2D eigenvalue weighted by atomic mass is 9.94. The van der Waals surface area contributed by atoms with Crippen LogP contribution in [0.15, 0.2) is 47.5 Å². The number of ketones is 1. The van der Waals surface area contributed by atoms with E-state index in [0.717, 1.165) is 29.6 Å². The van der Waals surface area contributed by atoms with Crippen LogP contribution in [0, 0.1) is 0 Å². The number of nitrogens with zero attached hydrogens (tertiary/aromatic N) is 4. The molecule has 1 fully saturated rings. The third-order valence-electron chi connectivity index (χ3n) is 5.30. The van der Waals surface area contributed by atoms with E-state index >= 15 is 0 Å². The third kappa shape index (κ3) is 3.22. The van der Waals surface area contributed by atoms with Crippen LogP contribution in [0.3, 0.4) is 0 Å². The zero-order valence-corrected chi connectivity index (χ0v) is 16.7. The monoisotopic (exact) mass is 398 g/mol. The van der Waals surface area contributed by atoms with Crippen molar-refractivity contribution in [2.24, 2.45) is 7.05 Å². The molecule has 1 atom stereocenters. The largest absolute Gasteiger partial charge is 0.295 e. The van der Waals surface area contributed by atoms with Gasteiger partial charge < -0.3 is 0 Å². The van der Waals surface area contributed by atoms with Gasteiger partial charge in [0.15, 0.2) is 11.4 Å². The van der Waals surface area contributed by atoms with E-state index in [9.17, 15) is 13.2 Å². The summed E-state index contributed by atoms with van der Waals surface area (Å²) in [7, 11) is -1.77. The van der Waals surface area contributed by atoms with Crippen LogP contribution >= 0.6 is 0 Å². The molecule has 0 amide bonds. The molecule has 1 aliphatic heterocycles. The van der Waals surface area contributed by atoms with Crippen LogP contribution in [-0.2, 0) is 17.1 Å². The number of Topliss-reactive ketones (excluding diaryl/α,β-unsaturated/α-hetero) is 1. The van der Waals surface area contributed by atoms with Crippen molar-refractivity contribution in [1.29, 1.82) is 0 Å². The van der Waals surface area contributed by atoms with Gasteiger partial charge >= 0.3 is 0 Å². The van der Waals surface area contributed by atoms with Crippen molar-refractivity contribution in [3.8, 4) is 0 Å². The maximum Gasteiger partial charge on any atom is 0.243 e. The second-order valence-electron chi connectivity index (χ2n) is 7.17. The lowest BCUT2D eigenvalue weighted by Gasteiger charge is -2.31. The predicted molar refractivity (Wildman–Crippen MR) is 106 cm³/mol. The fourth-order valence-electron chi connectivity index (χ4n) is 3.81. The molecule has 7 nitrogen and oxygen atoms in total. The topological polar surface area (TPSA) is 85.2 Å². The zero-order valence-electron chi connectivity index (χ0n) is 15.9. The molecule has 0 bridgehead atoms. The van der Waals surface area contributed by atoms with Crippen LogP contribution in [0.2, 0.25) is 0 Å². The van der Waals surface area contributed by atoms with Gasteiger partial charge in [0, 0.05) is 43.2 Å². The summed E-state index contributed by atoms with van der Waals surface area (Å²) in [5.41, 5.74) is 2.21. The van der Waals surface area contributed by atoms with E-state index in [4.69, 9.17) is 0 Å². The van der Waals surface area contributed by atoms with Crippen molar-refractivity contribution in [2.45, 2.75) is 30.6 Å². The van der Waals surface area contributed by atoms with E-state index in [0.29, 0.717) is 18.7 Å². The van der Waals surface area contributed by atoms with E-state index in [1.807, 2.05) is 19.2 Å². The second-order valence-corrected chi connectivity index (χ2v) is 9.10. The van der Waals surface area contributed by atoms with Crippen molar-refractivity contribution in [1.82, 2.24) is 19.1 Å². The second kappa shape index (κ2) is 7.10. The molecule has 2 aromatic heterocycles. The molecule has 1 aliphatic rings. The summed E-state index contributed by atoms with van der Waals surface area (Å²) in [4.78, 5) is 16.0. The van der Waals surface area contributed by atoms with Gasteiger partial charge in [0.1, 0.15) is 0 Å². The molecule has 0 N–H and O–H groups in total. The number of aromatic nitrogens is 3. The first-order valence-corrected chi connectivity index (χ1v) is 10.7. The van der Waals surface area contributed by atoms with Gasteiger partial charge in [-0.3, -0.25) is 9.48 Å². The van der Waals surface area contributed by atoms with Gasteiger partial charge in [-0.25, -0.2) is 13.4 Å². The number of sulfonamides is 1. The first kappa shape index (κ1) is 18.8. The summed E-state index contributed by atoms with van der Waals surface area (Å²) >= 11 is 0. The number of hydrogen-bond donors (Lipinski definition) is 0. The van der Waals surface area contributed by atoms with Crippen LogP contribution in [-0.4, -0.2) is 46.4 Å². The van der Waals surface area contributed by atoms with Gasteiger partial charge in [-0.1, -0.05) is 12.1 Å². The fraction of sp³-hybridized carbons (Fsp3) is 0.350. The van der Waals surface area contributed by atoms with E-state index in [1.165, 1.54) is 23.4 Å². The molecule has 0 spiro atoms. The first-order chi connectivity index (χ1) is 13.4. The highest BCUT2D eigenvalue weighted by Gasteiger charge is 2.33. The molecule has 28 heavy (non-hydrogen) atoms. The summed E-state index contributed by atoms with van der Waals surface area (Å²) in [6.45, 7) is 2.33. The zero-order chi connectivity index (χ0) is 19.9. The predicted octanol–water partition coefficient (Wildman–Crippen LogP) is 2.74. The van der Waals surface area contributed by atoms with E-state index < -0.39 is 10.0 Å². The summed E-state index contributed by atoms with van der Waals surface area (Å²) in [5, 5.41) is 5.60. The quantitative estimate of drug-likeness (QED) is 0.631. The Hall–Kier alpha value is -2.58. The molecule has 0 unspecified atom stereocenters. The van der Waals surface area contributed by atoms with Crippen LogP contribution in [0.5, 0.6) is 0 Å². The number of carbonyl (C=O) groups excluding carboxylic acids is 1. The third-order valence-corrected chi connectivity index (χ3v) is 7.18. The first-order valence-electron chi connectivity index (χ1n) is 9.26. The molecular weight excluding hydrogens is 376 g/mol. The minimum Gasteiger partial charge on any atom is -0.295 e. The summed E-state index contributed by atoms with van der Waals surface area (Å²) in [6.07, 6.45) is 3.39. The lowest BCUT2D eigenvalue weighted by Crippen LogP contribution is -2.39. The van der Waals surface area contributed by atoms with Crippen LogP contribution in [0.4, 0.5) is 0 Å². The fourth-order valence-corrected chi connectivity index (χ4v) is 5.34. The Morgan fingerprint density at radius 2 is 1.93 bits per heavy atom. The average molecular weight is 398 g/mol. The molecule has 0 radical (unpaired) electrons. The number of hydrogen-bond acceptors (Lipinski definition) is 5. The van der Waals surface area contributed by atoms with Gasteiger partial charge in [0.2, 0.25) is 10.0 Å².